The van der Waals surface area contributed by atoms with E-state index in [-0.39, 0.29) is 11.9 Å². The number of hydrogen-bond donors (Lipinski definition) is 1. The number of fused-ring (bicyclic) bond motifs is 1. The maximum absolute atomic E-state index is 14.4. The molecule has 0 spiro atoms. The number of aromatic nitrogens is 2. The highest BCUT2D eigenvalue weighted by atomic mass is 32.2. The van der Waals surface area contributed by atoms with Crippen LogP contribution in [0.1, 0.15) is 52.1 Å². The Hall–Kier alpha value is -2.75. The summed E-state index contributed by atoms with van der Waals surface area (Å²) in [5.74, 6) is -0.742. The van der Waals surface area contributed by atoms with Crippen molar-refractivity contribution in [3.63, 3.8) is 0 Å². The molecular formula is C24H28F3N3O3S. The maximum Gasteiger partial charge on any atom is 0.387 e. The molecule has 10 heteroatoms. The van der Waals surface area contributed by atoms with Crippen molar-refractivity contribution in [2.75, 3.05) is 4.72 Å². The molecule has 6 nitrogen and oxygen atoms in total. The second kappa shape index (κ2) is 8.48. The number of nitrogens with zero attached hydrogens (tertiary/aromatic N) is 2. The Morgan fingerprint density at radius 2 is 1.85 bits per heavy atom. The van der Waals surface area contributed by atoms with Gasteiger partial charge < -0.3 is 9.30 Å². The maximum atomic E-state index is 14.4. The molecule has 0 radical (unpaired) electrons. The number of anilines is 1. The van der Waals surface area contributed by atoms with Crippen LogP contribution in [0.3, 0.4) is 0 Å². The van der Waals surface area contributed by atoms with E-state index in [1.807, 2.05) is 18.4 Å². The third-order valence-corrected chi connectivity index (χ3v) is 8.34. The molecule has 0 aliphatic heterocycles. The fourth-order valence-electron chi connectivity index (χ4n) is 4.02. The lowest BCUT2D eigenvalue weighted by atomic mass is 10.1. The SMILES string of the molecule is Cc1cc(NS(=O)(=O)C(C)(C)C)ncc1-c1cc2cc(F)c(OC(F)F)cc2n1[C@H](C)C1CC1. The van der Waals surface area contributed by atoms with Crippen LogP contribution in [0.15, 0.2) is 30.5 Å². The van der Waals surface area contributed by atoms with Gasteiger partial charge in [0.05, 0.1) is 16.0 Å². The molecule has 1 aliphatic rings. The Labute approximate surface area is 197 Å². The van der Waals surface area contributed by atoms with Crippen LogP contribution >= 0.6 is 0 Å². The first-order valence-electron chi connectivity index (χ1n) is 11.1. The first kappa shape index (κ1) is 24.4. The molecule has 2 aromatic heterocycles. The zero-order chi connectivity index (χ0) is 25.0. The minimum absolute atomic E-state index is 0.0378. The molecule has 1 atom stereocenters. The predicted molar refractivity (Wildman–Crippen MR) is 126 cm³/mol. The first-order valence-corrected chi connectivity index (χ1v) is 12.6. The van der Waals surface area contributed by atoms with Gasteiger partial charge in [0.2, 0.25) is 10.0 Å². The number of ether oxygens (including phenoxy) is 1. The van der Waals surface area contributed by atoms with Crippen LogP contribution in [0, 0.1) is 18.7 Å². The molecular weight excluding hydrogens is 467 g/mol. The lowest BCUT2D eigenvalue weighted by Gasteiger charge is -2.21. The summed E-state index contributed by atoms with van der Waals surface area (Å²) in [6, 6.07) is 5.99. The minimum atomic E-state index is -3.64. The molecule has 1 saturated carbocycles. The van der Waals surface area contributed by atoms with Gasteiger partial charge in [0.25, 0.3) is 0 Å². The highest BCUT2D eigenvalue weighted by Gasteiger charge is 2.32. The zero-order valence-corrected chi connectivity index (χ0v) is 20.5. The number of pyridine rings is 1. The predicted octanol–water partition coefficient (Wildman–Crippen LogP) is 6.26. The fraction of sp³-hybridized carbons (Fsp3) is 0.458. The lowest BCUT2D eigenvalue weighted by molar-refractivity contribution is -0.0520. The molecule has 1 aliphatic carbocycles. The number of alkyl halides is 2. The highest BCUT2D eigenvalue weighted by Crippen LogP contribution is 2.45. The third kappa shape index (κ3) is 4.60. The molecule has 1 N–H and O–H groups in total. The molecule has 0 amide bonds. The monoisotopic (exact) mass is 495 g/mol. The van der Waals surface area contributed by atoms with Gasteiger partial charge in [-0.3, -0.25) is 4.72 Å². The van der Waals surface area contributed by atoms with Gasteiger partial charge in [-0.15, -0.1) is 0 Å². The van der Waals surface area contributed by atoms with Gasteiger partial charge in [-0.05, 0) is 77.1 Å². The molecule has 2 heterocycles. The quantitative estimate of drug-likeness (QED) is 0.420. The van der Waals surface area contributed by atoms with Crippen LogP contribution in [-0.2, 0) is 10.0 Å². The van der Waals surface area contributed by atoms with E-state index < -0.39 is 32.9 Å². The summed E-state index contributed by atoms with van der Waals surface area (Å²) in [5, 5.41) is 0.554. The van der Waals surface area contributed by atoms with E-state index in [2.05, 4.69) is 14.4 Å². The summed E-state index contributed by atoms with van der Waals surface area (Å²) in [6.45, 7) is 5.54. The van der Waals surface area contributed by atoms with E-state index in [1.54, 1.807) is 39.1 Å². The van der Waals surface area contributed by atoms with Gasteiger partial charge in [0.15, 0.2) is 11.6 Å². The summed E-state index contributed by atoms with van der Waals surface area (Å²) < 4.78 is 73.0. The van der Waals surface area contributed by atoms with Gasteiger partial charge >= 0.3 is 6.61 Å². The van der Waals surface area contributed by atoms with Crippen LogP contribution in [0.2, 0.25) is 0 Å². The molecule has 0 unspecified atom stereocenters. The number of benzene rings is 1. The lowest BCUT2D eigenvalue weighted by Crippen LogP contribution is -2.34. The van der Waals surface area contributed by atoms with Gasteiger partial charge in [-0.2, -0.15) is 8.78 Å². The number of aryl methyl sites for hydroxylation is 1. The number of halogens is 3. The molecule has 0 bridgehead atoms. The number of rotatable bonds is 7. The van der Waals surface area contributed by atoms with Crippen LogP contribution in [0.4, 0.5) is 19.0 Å². The molecule has 184 valence electrons. The molecule has 4 rings (SSSR count). The standard InChI is InChI=1S/C24H28F3N3O3S/c1-13-8-22(29-34(31,32)24(3,4)5)28-12-17(13)20-10-16-9-18(25)21(33-23(26)27)11-19(16)30(20)14(2)15-6-7-15/h8-12,14-15,23H,6-7H2,1-5H3,(H,28,29)/t14-/m1/s1. The van der Waals surface area contributed by atoms with Gasteiger partial charge in [-0.1, -0.05) is 0 Å². The number of hydrogen-bond acceptors (Lipinski definition) is 4. The van der Waals surface area contributed by atoms with E-state index in [4.69, 9.17) is 0 Å². The first-order chi connectivity index (χ1) is 15.8. The Balaban J connectivity index is 1.83. The summed E-state index contributed by atoms with van der Waals surface area (Å²) in [7, 11) is -3.64. The van der Waals surface area contributed by atoms with Crippen molar-refractivity contribution in [3.05, 3.63) is 41.8 Å². The fourth-order valence-corrected chi connectivity index (χ4v) is 4.71. The van der Waals surface area contributed by atoms with Crippen LogP contribution in [0.25, 0.3) is 22.2 Å². The average Bonchev–Trinajstić information content (AvgIpc) is 3.49. The average molecular weight is 496 g/mol. The molecule has 3 aromatic rings. The Morgan fingerprint density at radius 3 is 2.41 bits per heavy atom. The van der Waals surface area contributed by atoms with E-state index >= 15 is 0 Å². The number of sulfonamides is 1. The van der Waals surface area contributed by atoms with Gasteiger partial charge in [0, 0.05) is 29.3 Å². The minimum Gasteiger partial charge on any atom is -0.432 e. The van der Waals surface area contributed by atoms with Gasteiger partial charge in [-0.25, -0.2) is 17.8 Å². The summed E-state index contributed by atoms with van der Waals surface area (Å²) in [4.78, 5) is 4.32. The van der Waals surface area contributed by atoms with E-state index in [0.717, 1.165) is 29.7 Å². The summed E-state index contributed by atoms with van der Waals surface area (Å²) >= 11 is 0. The van der Waals surface area contributed by atoms with Crippen LogP contribution in [-0.4, -0.2) is 29.3 Å². The third-order valence-electron chi connectivity index (χ3n) is 6.25. The van der Waals surface area contributed by atoms with Crippen molar-refractivity contribution in [1.29, 1.82) is 0 Å². The van der Waals surface area contributed by atoms with Crippen LogP contribution in [0.5, 0.6) is 5.75 Å². The van der Waals surface area contributed by atoms with E-state index in [1.165, 1.54) is 12.1 Å². The van der Waals surface area contributed by atoms with Crippen LogP contribution < -0.4 is 9.46 Å². The largest absolute Gasteiger partial charge is 0.432 e. The zero-order valence-electron chi connectivity index (χ0n) is 19.7. The van der Waals surface area contributed by atoms with Gasteiger partial charge in [0.1, 0.15) is 5.82 Å². The Kier molecular flexibility index (Phi) is 6.08. The van der Waals surface area contributed by atoms with Crippen molar-refractivity contribution < 1.29 is 26.3 Å². The highest BCUT2D eigenvalue weighted by molar-refractivity contribution is 7.94. The second-order valence-electron chi connectivity index (χ2n) is 9.80. The second-order valence-corrected chi connectivity index (χ2v) is 12.2. The van der Waals surface area contributed by atoms with Crippen molar-refractivity contribution in [3.8, 4) is 17.0 Å². The molecule has 34 heavy (non-hydrogen) atoms. The Bertz CT molecular complexity index is 1340. The summed E-state index contributed by atoms with van der Waals surface area (Å²) in [6.07, 6.45) is 3.67. The van der Waals surface area contributed by atoms with Crippen molar-refractivity contribution >= 4 is 26.7 Å². The normalized spacial score (nSPS) is 15.7. The number of nitrogens with one attached hydrogen (secondary N) is 1. The van der Waals surface area contributed by atoms with E-state index in [9.17, 15) is 21.6 Å². The molecule has 1 fully saturated rings. The van der Waals surface area contributed by atoms with E-state index in [0.29, 0.717) is 16.8 Å². The Morgan fingerprint density at radius 1 is 1.18 bits per heavy atom. The van der Waals surface area contributed by atoms with Crippen molar-refractivity contribution in [2.45, 2.75) is 64.9 Å². The summed E-state index contributed by atoms with van der Waals surface area (Å²) in [5.41, 5.74) is 2.83. The molecule has 0 saturated heterocycles. The van der Waals surface area contributed by atoms with Crippen molar-refractivity contribution in [2.24, 2.45) is 5.92 Å². The smallest absolute Gasteiger partial charge is 0.387 e. The van der Waals surface area contributed by atoms with Crippen molar-refractivity contribution in [1.82, 2.24) is 9.55 Å². The molecule has 1 aromatic carbocycles. The topological polar surface area (TPSA) is 73.2 Å².